The first kappa shape index (κ1) is 11.0. The van der Waals surface area contributed by atoms with E-state index in [2.05, 4.69) is 21.7 Å². The van der Waals surface area contributed by atoms with Crippen molar-refractivity contribution in [3.05, 3.63) is 0 Å². The molecular weight excluding hydrogens is 182 g/mol. The van der Waals surface area contributed by atoms with Gasteiger partial charge in [-0.3, -0.25) is 0 Å². The van der Waals surface area contributed by atoms with Crippen molar-refractivity contribution in [2.45, 2.75) is 6.92 Å². The summed E-state index contributed by atoms with van der Waals surface area (Å²) in [5.41, 5.74) is 0. The number of piperazine rings is 1. The lowest BCUT2D eigenvalue weighted by Gasteiger charge is -2.30. The van der Waals surface area contributed by atoms with E-state index in [4.69, 9.17) is 0 Å². The topological polar surface area (TPSA) is 45.1 Å². The molecule has 0 aromatic rings. The lowest BCUT2D eigenvalue weighted by atomic mass is 10.4. The number of aliphatic imine (C=N–C) groups is 1. The van der Waals surface area contributed by atoms with Crippen LogP contribution in [-0.2, 0) is 4.74 Å². The summed E-state index contributed by atoms with van der Waals surface area (Å²) >= 11 is 0. The van der Waals surface area contributed by atoms with E-state index in [9.17, 15) is 4.79 Å². The molecule has 1 saturated heterocycles. The van der Waals surface area contributed by atoms with E-state index in [-0.39, 0.29) is 0 Å². The van der Waals surface area contributed by atoms with Crippen molar-refractivity contribution < 1.29 is 9.53 Å². The third-order valence-electron chi connectivity index (χ3n) is 2.13. The van der Waals surface area contributed by atoms with Crippen molar-refractivity contribution in [2.24, 2.45) is 4.99 Å². The number of carbonyl (C=O) groups excluding carboxylic acids is 1. The summed E-state index contributed by atoms with van der Waals surface area (Å²) in [7, 11) is 2.08. The van der Waals surface area contributed by atoms with Gasteiger partial charge in [0.15, 0.2) is 0 Å². The zero-order chi connectivity index (χ0) is 10.4. The average molecular weight is 199 g/mol. The predicted molar refractivity (Wildman–Crippen MR) is 54.6 cm³/mol. The van der Waals surface area contributed by atoms with Gasteiger partial charge in [0.2, 0.25) is 0 Å². The largest absolute Gasteiger partial charge is 0.448 e. The molecule has 0 bridgehead atoms. The fourth-order valence-electron chi connectivity index (χ4n) is 1.23. The highest BCUT2D eigenvalue weighted by Gasteiger charge is 2.10. The molecule has 1 heterocycles. The van der Waals surface area contributed by atoms with Crippen molar-refractivity contribution in [1.82, 2.24) is 9.80 Å². The van der Waals surface area contributed by atoms with Crippen molar-refractivity contribution in [3.8, 4) is 0 Å². The summed E-state index contributed by atoms with van der Waals surface area (Å²) in [5.74, 6) is 0. The predicted octanol–water partition coefficient (Wildman–Crippen LogP) is 0.419. The Hall–Kier alpha value is -1.10. The van der Waals surface area contributed by atoms with Gasteiger partial charge in [-0.05, 0) is 14.0 Å². The Labute approximate surface area is 84.3 Å². The Morgan fingerprint density at radius 1 is 1.43 bits per heavy atom. The van der Waals surface area contributed by atoms with Crippen LogP contribution in [-0.4, -0.2) is 62.1 Å². The molecule has 0 aromatic carbocycles. The van der Waals surface area contributed by atoms with Crippen LogP contribution in [0.1, 0.15) is 6.92 Å². The number of amides is 1. The third-order valence-corrected chi connectivity index (χ3v) is 2.13. The van der Waals surface area contributed by atoms with E-state index in [0.29, 0.717) is 6.61 Å². The Kier molecular flexibility index (Phi) is 4.39. The van der Waals surface area contributed by atoms with Gasteiger partial charge in [0.1, 0.15) is 0 Å². The molecule has 1 amide bonds. The standard InChI is InChI=1S/C9H17N3O2/c1-3-14-9(13)10-8-12-6-4-11(2)5-7-12/h8H,3-7H2,1-2H3/b10-8+. The van der Waals surface area contributed by atoms with Gasteiger partial charge in [0, 0.05) is 26.2 Å². The highest BCUT2D eigenvalue weighted by Crippen LogP contribution is 1.96. The molecule has 0 atom stereocenters. The van der Waals surface area contributed by atoms with Crippen LogP contribution in [0.5, 0.6) is 0 Å². The number of likely N-dealkylation sites (N-methyl/N-ethyl adjacent to an activating group) is 1. The number of hydrogen-bond acceptors (Lipinski definition) is 3. The van der Waals surface area contributed by atoms with Crippen molar-refractivity contribution >= 4 is 12.4 Å². The zero-order valence-electron chi connectivity index (χ0n) is 8.77. The lowest BCUT2D eigenvalue weighted by molar-refractivity contribution is 0.162. The minimum atomic E-state index is -0.508. The number of ether oxygens (including phenoxy) is 1. The summed E-state index contributed by atoms with van der Waals surface area (Å²) in [6, 6.07) is 0. The molecule has 0 radical (unpaired) electrons. The highest BCUT2D eigenvalue weighted by molar-refractivity contribution is 5.78. The van der Waals surface area contributed by atoms with Crippen LogP contribution < -0.4 is 0 Å². The van der Waals surface area contributed by atoms with Gasteiger partial charge in [0.05, 0.1) is 12.9 Å². The number of rotatable bonds is 2. The second kappa shape index (κ2) is 5.59. The van der Waals surface area contributed by atoms with Gasteiger partial charge in [-0.1, -0.05) is 0 Å². The molecule has 1 aliphatic rings. The molecule has 0 saturated carbocycles. The first-order chi connectivity index (χ1) is 6.72. The second-order valence-corrected chi connectivity index (χ2v) is 3.28. The summed E-state index contributed by atoms with van der Waals surface area (Å²) in [5, 5.41) is 0. The first-order valence-electron chi connectivity index (χ1n) is 4.86. The molecule has 14 heavy (non-hydrogen) atoms. The molecule has 1 fully saturated rings. The van der Waals surface area contributed by atoms with E-state index >= 15 is 0 Å². The normalized spacial score (nSPS) is 18.9. The second-order valence-electron chi connectivity index (χ2n) is 3.28. The van der Waals surface area contributed by atoms with E-state index in [0.717, 1.165) is 26.2 Å². The van der Waals surface area contributed by atoms with Gasteiger partial charge < -0.3 is 14.5 Å². The minimum Gasteiger partial charge on any atom is -0.448 e. The molecule has 0 aromatic heterocycles. The molecule has 0 spiro atoms. The molecule has 80 valence electrons. The van der Waals surface area contributed by atoms with Crippen LogP contribution in [0.15, 0.2) is 4.99 Å². The molecule has 5 nitrogen and oxygen atoms in total. The smallest absolute Gasteiger partial charge is 0.434 e. The third kappa shape index (κ3) is 3.74. The lowest BCUT2D eigenvalue weighted by Crippen LogP contribution is -2.43. The van der Waals surface area contributed by atoms with Crippen molar-refractivity contribution in [3.63, 3.8) is 0 Å². The van der Waals surface area contributed by atoms with Gasteiger partial charge in [-0.2, -0.15) is 4.99 Å². The summed E-state index contributed by atoms with van der Waals surface area (Å²) < 4.78 is 4.68. The van der Waals surface area contributed by atoms with E-state index in [1.54, 1.807) is 13.3 Å². The maximum atomic E-state index is 10.9. The van der Waals surface area contributed by atoms with Crippen LogP contribution in [0.25, 0.3) is 0 Å². The zero-order valence-corrected chi connectivity index (χ0v) is 8.77. The average Bonchev–Trinajstić information content (AvgIpc) is 2.17. The molecule has 1 rings (SSSR count). The Bertz CT molecular complexity index is 210. The van der Waals surface area contributed by atoms with Gasteiger partial charge >= 0.3 is 6.09 Å². The van der Waals surface area contributed by atoms with Crippen LogP contribution in [0.4, 0.5) is 4.79 Å². The molecule has 0 unspecified atom stereocenters. The van der Waals surface area contributed by atoms with Crippen molar-refractivity contribution in [1.29, 1.82) is 0 Å². The van der Waals surface area contributed by atoms with Crippen LogP contribution in [0, 0.1) is 0 Å². The first-order valence-corrected chi connectivity index (χ1v) is 4.86. The maximum Gasteiger partial charge on any atom is 0.434 e. The Morgan fingerprint density at radius 2 is 2.07 bits per heavy atom. The molecule has 1 aliphatic heterocycles. The number of nitrogens with zero attached hydrogens (tertiary/aromatic N) is 3. The molecule has 0 N–H and O–H groups in total. The number of hydrogen-bond donors (Lipinski definition) is 0. The highest BCUT2D eigenvalue weighted by atomic mass is 16.5. The summed E-state index contributed by atoms with van der Waals surface area (Å²) in [6.45, 7) is 5.99. The monoisotopic (exact) mass is 199 g/mol. The summed E-state index contributed by atoms with van der Waals surface area (Å²) in [4.78, 5) is 18.8. The van der Waals surface area contributed by atoms with Crippen LogP contribution in [0.2, 0.25) is 0 Å². The van der Waals surface area contributed by atoms with Gasteiger partial charge in [0.25, 0.3) is 0 Å². The fourth-order valence-corrected chi connectivity index (χ4v) is 1.23. The fraction of sp³-hybridized carbons (Fsp3) is 0.778. The van der Waals surface area contributed by atoms with Gasteiger partial charge in [-0.15, -0.1) is 0 Å². The molecule has 0 aliphatic carbocycles. The minimum absolute atomic E-state index is 0.374. The maximum absolute atomic E-state index is 10.9. The SMILES string of the molecule is CCOC(=O)/N=C/N1CCN(C)CC1. The van der Waals surface area contributed by atoms with Crippen LogP contribution in [0.3, 0.4) is 0 Å². The summed E-state index contributed by atoms with van der Waals surface area (Å²) in [6.07, 6.45) is 1.07. The van der Waals surface area contributed by atoms with Crippen LogP contribution >= 0.6 is 0 Å². The van der Waals surface area contributed by atoms with E-state index in [1.165, 1.54) is 0 Å². The Morgan fingerprint density at radius 3 is 2.64 bits per heavy atom. The van der Waals surface area contributed by atoms with Crippen molar-refractivity contribution in [2.75, 3.05) is 39.8 Å². The Balaban J connectivity index is 2.26. The van der Waals surface area contributed by atoms with E-state index < -0.39 is 6.09 Å². The molecular formula is C9H17N3O2. The number of carbonyl (C=O) groups is 1. The quantitative estimate of drug-likeness (QED) is 0.477. The van der Waals surface area contributed by atoms with Gasteiger partial charge in [-0.25, -0.2) is 4.79 Å². The van der Waals surface area contributed by atoms with E-state index in [1.807, 2.05) is 4.90 Å². The molecule has 5 heteroatoms.